The van der Waals surface area contributed by atoms with Gasteiger partial charge in [0.1, 0.15) is 48.9 Å². The fraction of sp³-hybridized carbons (Fsp3) is 0.789. The third kappa shape index (κ3) is 94.6. The summed E-state index contributed by atoms with van der Waals surface area (Å²) in [5, 5.41) is 49.1. The number of carboxylic acids is 4. The van der Waals surface area contributed by atoms with E-state index in [4.69, 9.17) is 134 Å². The summed E-state index contributed by atoms with van der Waals surface area (Å²) in [7, 11) is 16.0. The lowest BCUT2D eigenvalue weighted by molar-refractivity contribution is -0.145. The average Bonchev–Trinajstić information content (AvgIpc) is 1.85. The Morgan fingerprint density at radius 3 is 0.859 bits per heavy atom. The number of carbonyl (C=O) groups excluding carboxylic acids is 5. The van der Waals surface area contributed by atoms with Crippen LogP contribution in [0.5, 0.6) is 0 Å². The predicted molar refractivity (Wildman–Crippen MR) is 556 cm³/mol. The number of aliphatic imine (C=N–C) groups is 2. The summed E-state index contributed by atoms with van der Waals surface area (Å²) in [6.07, 6.45) is 17.5. The summed E-state index contributed by atoms with van der Waals surface area (Å²) in [5.41, 5.74) is 34.3. The molecular weight excluding hydrogens is 1960 g/mol. The average molecular weight is 2150 g/mol. The molecule has 2 amide bonds. The molecule has 3 aromatic rings. The fourth-order valence-corrected chi connectivity index (χ4v) is 12.5. The Morgan fingerprint density at radius 2 is 0.577 bits per heavy atom. The van der Waals surface area contributed by atoms with Crippen LogP contribution in [0.3, 0.4) is 0 Å². The topological polar surface area (TPSA) is 744 Å². The Kier molecular flexibility index (Phi) is 107. The second kappa shape index (κ2) is 109. The van der Waals surface area contributed by atoms with E-state index >= 15 is 0 Å². The summed E-state index contributed by atoms with van der Waals surface area (Å²) in [4.78, 5) is 137. The molecular formula is C95H185N21O33. The number of nitrogens with zero attached hydrogens (tertiary/aromatic N) is 8. The minimum Gasteiger partial charge on any atom is -0.480 e. The number of aliphatic carboxylic acids is 4. The molecule has 0 radical (unpaired) electrons. The highest BCUT2D eigenvalue weighted by molar-refractivity contribution is 5.88. The number of imidazole rings is 3. The van der Waals surface area contributed by atoms with Gasteiger partial charge in [0, 0.05) is 191 Å². The van der Waals surface area contributed by atoms with Gasteiger partial charge >= 0.3 is 23.9 Å². The number of aromatic nitrogens is 6. The molecule has 0 aliphatic heterocycles. The van der Waals surface area contributed by atoms with Crippen LogP contribution in [0.4, 0.5) is 0 Å². The van der Waals surface area contributed by atoms with Gasteiger partial charge in [0.2, 0.25) is 11.8 Å². The molecule has 3 heterocycles. The van der Waals surface area contributed by atoms with Crippen molar-refractivity contribution in [3.63, 3.8) is 0 Å². The Balaban J connectivity index is -0.000000827. The Labute approximate surface area is 878 Å². The maximum absolute atomic E-state index is 11.7. The molecule has 149 heavy (non-hydrogen) atoms. The monoisotopic (exact) mass is 2150 g/mol. The highest BCUT2D eigenvalue weighted by atomic mass is 16.6. The number of amides is 2. The Hall–Kier alpha value is -9.08. The third-order valence-corrected chi connectivity index (χ3v) is 20.5. The van der Waals surface area contributed by atoms with Gasteiger partial charge in [-0.2, -0.15) is 0 Å². The zero-order chi connectivity index (χ0) is 112. The van der Waals surface area contributed by atoms with Crippen LogP contribution < -0.4 is 55.7 Å². The molecule has 0 unspecified atom stereocenters. The lowest BCUT2D eigenvalue weighted by atomic mass is 10.1. The number of hydrogen-bond acceptors (Lipinski definition) is 41. The molecule has 0 aromatic carbocycles. The number of carboxylic acid groups (broad SMARTS) is 4. The van der Waals surface area contributed by atoms with Crippen molar-refractivity contribution in [1.29, 1.82) is 0 Å². The molecule has 23 N–H and O–H groups in total. The van der Waals surface area contributed by atoms with E-state index in [0.717, 1.165) is 43.5 Å². The number of hydrogen-bond donors (Lipinski definition) is 17. The molecule has 54 nitrogen and oxygen atoms in total. The second-order valence-corrected chi connectivity index (χ2v) is 32.3. The van der Waals surface area contributed by atoms with Crippen molar-refractivity contribution in [2.75, 3.05) is 348 Å². The van der Waals surface area contributed by atoms with Crippen molar-refractivity contribution in [1.82, 2.24) is 65.9 Å². The van der Waals surface area contributed by atoms with Crippen molar-refractivity contribution in [2.24, 2.45) is 44.4 Å². The van der Waals surface area contributed by atoms with E-state index in [2.05, 4.69) is 61.2 Å². The number of guanidine groups is 2. The first-order valence-corrected chi connectivity index (χ1v) is 49.7. The van der Waals surface area contributed by atoms with Crippen LogP contribution in [0, 0.1) is 0 Å². The van der Waals surface area contributed by atoms with E-state index < -0.39 is 60.0 Å². The largest absolute Gasteiger partial charge is 0.480 e. The van der Waals surface area contributed by atoms with Crippen LogP contribution in [0.15, 0.2) is 47.6 Å². The van der Waals surface area contributed by atoms with Crippen LogP contribution in [0.25, 0.3) is 0 Å². The molecule has 0 aliphatic carbocycles. The van der Waals surface area contributed by atoms with Gasteiger partial charge in [0.25, 0.3) is 0 Å². The molecule has 3 rings (SSSR count). The first-order chi connectivity index (χ1) is 71.9. The van der Waals surface area contributed by atoms with Crippen molar-refractivity contribution in [2.45, 2.75) is 147 Å². The van der Waals surface area contributed by atoms with E-state index in [1.54, 1.807) is 103 Å². The molecule has 0 spiro atoms. The quantitative estimate of drug-likeness (QED) is 0.0162. The summed E-state index contributed by atoms with van der Waals surface area (Å²) in [5.74, 6) is -4.19. The van der Waals surface area contributed by atoms with Gasteiger partial charge in [-0.05, 0) is 91.6 Å². The fourth-order valence-electron chi connectivity index (χ4n) is 12.5. The molecule has 0 saturated heterocycles. The molecule has 868 valence electrons. The molecule has 3 aromatic heterocycles. The molecule has 0 fully saturated rings. The third-order valence-electron chi connectivity index (χ3n) is 20.5. The zero-order valence-electron chi connectivity index (χ0n) is 90.6. The highest BCUT2D eigenvalue weighted by Gasteiger charge is 2.30. The van der Waals surface area contributed by atoms with E-state index in [1.165, 1.54) is 26.6 Å². The highest BCUT2D eigenvalue weighted by Crippen LogP contribution is 2.14. The van der Waals surface area contributed by atoms with Gasteiger partial charge in [0.15, 0.2) is 17.7 Å². The molecule has 0 saturated carbocycles. The minimum atomic E-state index is -1.11. The number of Topliss-reactive ketones (excluding diaryl/α,β-unsaturated/α-hetero) is 3. The van der Waals surface area contributed by atoms with Crippen molar-refractivity contribution < 1.29 is 158 Å². The summed E-state index contributed by atoms with van der Waals surface area (Å²) < 4.78 is 102. The number of nitrogens with two attached hydrogens (primary N) is 6. The molecule has 0 bridgehead atoms. The lowest BCUT2D eigenvalue weighted by Gasteiger charge is -2.28. The number of ether oxygens (including phenoxy) is 20. The van der Waals surface area contributed by atoms with Crippen LogP contribution in [0.2, 0.25) is 0 Å². The van der Waals surface area contributed by atoms with Crippen molar-refractivity contribution >= 4 is 65.0 Å². The first-order valence-electron chi connectivity index (χ1n) is 49.7. The number of aromatic amines is 3. The number of ketones is 3. The van der Waals surface area contributed by atoms with Gasteiger partial charge in [-0.15, -0.1) is 0 Å². The van der Waals surface area contributed by atoms with Crippen LogP contribution in [0.1, 0.15) is 102 Å². The van der Waals surface area contributed by atoms with Gasteiger partial charge in [0.05, 0.1) is 222 Å². The van der Waals surface area contributed by atoms with Crippen LogP contribution >= 0.6 is 0 Å². The second-order valence-electron chi connectivity index (χ2n) is 32.3. The number of nitrogens with one attached hydrogen (secondary N) is 7. The molecule has 7 atom stereocenters. The Bertz CT molecular complexity index is 3580. The summed E-state index contributed by atoms with van der Waals surface area (Å²) in [6, 6.07) is -3.70. The number of H-pyrrole nitrogens is 3. The molecule has 54 heteroatoms. The van der Waals surface area contributed by atoms with E-state index in [9.17, 15) is 58.5 Å². The van der Waals surface area contributed by atoms with Gasteiger partial charge < -0.3 is 186 Å². The number of unbranched alkanes of at least 4 members (excludes halogenated alkanes) is 2. The number of rotatable bonds is 94. The van der Waals surface area contributed by atoms with E-state index in [0.29, 0.717) is 308 Å². The predicted octanol–water partition coefficient (Wildman–Crippen LogP) is -2.20. The van der Waals surface area contributed by atoms with E-state index in [1.807, 2.05) is 14.7 Å². The van der Waals surface area contributed by atoms with Crippen molar-refractivity contribution in [3.05, 3.63) is 54.7 Å². The summed E-state index contributed by atoms with van der Waals surface area (Å²) in [6.45, 7) is 24.2. The minimum absolute atomic E-state index is 0.00631. The van der Waals surface area contributed by atoms with E-state index in [-0.39, 0.29) is 73.5 Å². The van der Waals surface area contributed by atoms with Crippen molar-refractivity contribution in [3.8, 4) is 0 Å². The molecule has 0 aliphatic rings. The SMILES string of the molecule is COCCOCC(=O)N[C@@H](CCCCN)C(C)=O.COCCOCC(=O)N[C@@H](Cc1cnc[nH]1)C(=O)O.COCCOCCN(CCOCCOC)[C@@H](CCCCN)C(=O)O.COCCOCCN(CCOCCOC)[C@@H](CCCN=C(N)N)C(=O)O.COCCOCCN(CCOCCOC)[C@@H](Cc1cnc[nH]1)C(=O)O.COCCOCCN[C@@H](CCCN=C(N)N)C(C)=O.COCCOCCN[C@@H](Cc1cnc[nH]1)C(C)=O. The first kappa shape index (κ1) is 146. The standard InChI is InChI=1S/C16H34N4O6.C16H29N3O6.C16H34N2O6.C12H26N4O3.C12H21N3O3.C12H24N2O4.C11H17N3O5/c1-23-10-12-25-8-6-20(7-9-26-13-11-24-2)14(15(21)22)4-3-5-19-16(17)18;1-22-7-9-24-5-3-19(4-6-25-10-8-23-2)15(16(20)21)11-14-12-17-13-18-14;1-21-11-13-23-9-7-18(8-10-24-14-12-22-2)15(16(19)20)5-3-4-6-17;1-10(17)11(4-3-5-16-12(13)14)15-6-7-19-9-8-18-2;1-10(16)12(7-11-8-13-9-15-11)14-3-4-18-6-5-17-2;1-10(15)11(5-3-4-6-13)14-12(16)9-18-8-7-17-2;1-18-2-3-19-6-10(15)14-9(11(16)17)4-8-5-12-7-13-8/h14H,3-13H2,1-2H3,(H,21,22)(H4,17,18,19);12-13,15H,3-11H2,1-2H3,(H,17,18)(H,20,21);15H,3-14,17H2,1-2H3,(H,19,20);11,15H,3-9H2,1-2H3,(H4,13,14,16);8-9,12,14H,3-7H2,1-2H3,(H,13,15);11H,3-9,13H2,1-2H3,(H,14,16);5,7,9H,2-4,6H2,1H3,(H,12,13)(H,14,15)(H,16,17)/t14-;2*15-;11-;12-;11-;9-/m0000000/s1. The normalized spacial score (nSPS) is 12.4. The van der Waals surface area contributed by atoms with Gasteiger partial charge in [-0.3, -0.25) is 63.0 Å². The van der Waals surface area contributed by atoms with Crippen LogP contribution in [-0.2, 0) is 157 Å². The smallest absolute Gasteiger partial charge is 0.326 e. The Morgan fingerprint density at radius 1 is 0.315 bits per heavy atom. The van der Waals surface area contributed by atoms with Gasteiger partial charge in [-0.25, -0.2) is 19.7 Å². The maximum atomic E-state index is 11.7. The van der Waals surface area contributed by atoms with Gasteiger partial charge in [-0.1, -0.05) is 6.42 Å². The maximum Gasteiger partial charge on any atom is 0.326 e. The zero-order valence-corrected chi connectivity index (χ0v) is 90.6. The number of carbonyl (C=O) groups is 9. The lowest BCUT2D eigenvalue weighted by Crippen LogP contribution is -2.46. The summed E-state index contributed by atoms with van der Waals surface area (Å²) >= 11 is 0. The number of methoxy groups -OCH3 is 10. The van der Waals surface area contributed by atoms with Crippen LogP contribution in [-0.4, -0.2) is 520 Å².